The Morgan fingerprint density at radius 1 is 0.500 bits per heavy atom. The zero-order chi connectivity index (χ0) is 49.8. The van der Waals surface area contributed by atoms with Gasteiger partial charge in [0.25, 0.3) is 0 Å². The average Bonchev–Trinajstić information content (AvgIpc) is 4.04. The first-order chi connectivity index (χ1) is 32.8. The quantitative estimate of drug-likeness (QED) is 0.0245. The molecule has 0 bridgehead atoms. The summed E-state index contributed by atoms with van der Waals surface area (Å²) in [5, 5.41) is 0. The van der Waals surface area contributed by atoms with Crippen molar-refractivity contribution >= 4 is 35.8 Å². The van der Waals surface area contributed by atoms with Crippen LogP contribution in [0, 0.1) is 11.8 Å². The molecule has 68 heavy (non-hydrogen) atoms. The summed E-state index contributed by atoms with van der Waals surface area (Å²) in [6.07, 6.45) is 28.8. The summed E-state index contributed by atoms with van der Waals surface area (Å²) in [5.74, 6) is -2.05. The smallest absolute Gasteiger partial charge is 0.306 e. The van der Waals surface area contributed by atoms with Crippen molar-refractivity contribution in [3.8, 4) is 0 Å². The van der Waals surface area contributed by atoms with Crippen LogP contribution >= 0.6 is 0 Å². The van der Waals surface area contributed by atoms with Gasteiger partial charge in [-0.05, 0) is 56.8 Å². The molecule has 0 aromatic heterocycles. The van der Waals surface area contributed by atoms with Crippen LogP contribution < -0.4 is 0 Å². The Morgan fingerprint density at radius 2 is 0.956 bits per heavy atom. The van der Waals surface area contributed by atoms with Gasteiger partial charge >= 0.3 is 35.8 Å². The molecule has 1 aliphatic carbocycles. The summed E-state index contributed by atoms with van der Waals surface area (Å²) in [4.78, 5) is 74.7. The van der Waals surface area contributed by atoms with Gasteiger partial charge in [0.15, 0.2) is 30.7 Å². The van der Waals surface area contributed by atoms with Gasteiger partial charge < -0.3 is 37.9 Å². The third-order valence-electron chi connectivity index (χ3n) is 12.7. The van der Waals surface area contributed by atoms with Gasteiger partial charge in [-0.2, -0.15) is 0 Å². The molecule has 8 atom stereocenters. The van der Waals surface area contributed by atoms with Crippen molar-refractivity contribution in [3.63, 3.8) is 0 Å². The Morgan fingerprint density at radius 3 is 1.47 bits per heavy atom. The van der Waals surface area contributed by atoms with Gasteiger partial charge in [0, 0.05) is 40.5 Å². The lowest BCUT2D eigenvalue weighted by Crippen LogP contribution is -2.63. The van der Waals surface area contributed by atoms with Crippen molar-refractivity contribution in [1.29, 1.82) is 0 Å². The zero-order valence-electron chi connectivity index (χ0n) is 43.1. The summed E-state index contributed by atoms with van der Waals surface area (Å²) in [7, 11) is 0. The van der Waals surface area contributed by atoms with Crippen LogP contribution in [0.25, 0.3) is 0 Å². The van der Waals surface area contributed by atoms with Gasteiger partial charge in [-0.15, -0.1) is 0 Å². The summed E-state index contributed by atoms with van der Waals surface area (Å²) in [6.45, 7) is 7.97. The fraction of sp³-hybridized carbons (Fsp3) is 0.852. The van der Waals surface area contributed by atoms with E-state index < -0.39 is 79.2 Å². The molecule has 2 rings (SSSR count). The molecule has 1 saturated heterocycles. The maximum atomic E-state index is 13.2. The lowest BCUT2D eigenvalue weighted by Gasteiger charge is -2.44. The second kappa shape index (κ2) is 38.3. The second-order valence-corrected chi connectivity index (χ2v) is 19.1. The van der Waals surface area contributed by atoms with Crippen LogP contribution in [0.4, 0.5) is 0 Å². The van der Waals surface area contributed by atoms with Gasteiger partial charge in [0.2, 0.25) is 0 Å². The normalized spacial score (nSPS) is 21.5. The Kier molecular flexibility index (Phi) is 34.1. The monoisotopic (exact) mass is 965 g/mol. The molecule has 2 unspecified atom stereocenters. The van der Waals surface area contributed by atoms with E-state index in [2.05, 4.69) is 26.0 Å². The average molecular weight is 965 g/mol. The van der Waals surface area contributed by atoms with Crippen molar-refractivity contribution < 1.29 is 66.7 Å². The van der Waals surface area contributed by atoms with Gasteiger partial charge in [0.05, 0.1) is 6.61 Å². The molecule has 1 aliphatic heterocycles. The number of ether oxygens (including phenoxy) is 8. The highest BCUT2D eigenvalue weighted by molar-refractivity contribution is 5.70. The molecule has 0 amide bonds. The van der Waals surface area contributed by atoms with Crippen molar-refractivity contribution in [2.45, 2.75) is 265 Å². The molecular weight excluding hydrogens is 873 g/mol. The molecule has 0 N–H and O–H groups in total. The minimum atomic E-state index is -1.48. The topological polar surface area (TPSA) is 176 Å². The van der Waals surface area contributed by atoms with Crippen LogP contribution in [0.15, 0.2) is 12.2 Å². The Bertz CT molecular complexity index is 1430. The number of esters is 6. The van der Waals surface area contributed by atoms with Crippen LogP contribution in [0.1, 0.15) is 228 Å². The van der Waals surface area contributed by atoms with Crippen LogP contribution in [0.5, 0.6) is 0 Å². The predicted molar refractivity (Wildman–Crippen MR) is 260 cm³/mol. The Labute approximate surface area is 409 Å². The van der Waals surface area contributed by atoms with E-state index in [1.807, 2.05) is 0 Å². The van der Waals surface area contributed by atoms with Crippen LogP contribution in [-0.4, -0.2) is 92.4 Å². The van der Waals surface area contributed by atoms with Gasteiger partial charge in [-0.25, -0.2) is 0 Å². The first-order valence-electron chi connectivity index (χ1n) is 26.8. The van der Waals surface area contributed by atoms with Gasteiger partial charge in [-0.3, -0.25) is 28.8 Å². The molecule has 1 saturated carbocycles. The highest BCUT2D eigenvalue weighted by Gasteiger charge is 2.53. The molecule has 0 aromatic rings. The zero-order valence-corrected chi connectivity index (χ0v) is 43.1. The van der Waals surface area contributed by atoms with Crippen molar-refractivity contribution in [2.24, 2.45) is 11.8 Å². The second-order valence-electron chi connectivity index (χ2n) is 19.1. The van der Waals surface area contributed by atoms with Crippen molar-refractivity contribution in [1.82, 2.24) is 0 Å². The van der Waals surface area contributed by atoms with E-state index in [1.165, 1.54) is 110 Å². The largest absolute Gasteiger partial charge is 0.463 e. The SMILES string of the molecule is CCCCCCCC/C=C\CCCCCCCC(=O)O[C@H](COC(=O)CCCCCCCC1CC1CCCCCCCC)CO[C@@H]1O[C@H](COC(C)=O)[C@@H](OC(C)=O)[C@H](OC(C)=O)[C@H]1OC(C)=O. The summed E-state index contributed by atoms with van der Waals surface area (Å²) >= 11 is 0. The van der Waals surface area contributed by atoms with Crippen molar-refractivity contribution in [3.05, 3.63) is 12.2 Å². The fourth-order valence-electron chi connectivity index (χ4n) is 8.89. The number of unbranched alkanes of at least 4 members (excludes halogenated alkanes) is 20. The standard InChI is InChI=1S/C54H92O14/c1-7-9-11-13-15-16-17-18-19-20-21-22-23-27-32-36-50(60)67-47(38-62-49(59)35-31-28-24-26-30-34-46-37-45(46)33-29-25-14-12-10-8-2)39-63-54-53(66-44(6)58)52(65-43(5)57)51(64-42(4)56)48(68-54)40-61-41(3)55/h18-19,45-48,51-54H,7-17,20-40H2,1-6H3/b19-18-/t45?,46?,47-,48-,51-,52+,53-,54-/m1/s1. The number of carbonyl (C=O) groups is 6. The van der Waals surface area contributed by atoms with E-state index in [0.29, 0.717) is 12.8 Å². The number of hydrogen-bond donors (Lipinski definition) is 0. The summed E-state index contributed by atoms with van der Waals surface area (Å²) in [6, 6.07) is 0. The first kappa shape index (κ1) is 60.6. The van der Waals surface area contributed by atoms with Crippen LogP contribution in [-0.2, 0) is 66.7 Å². The molecule has 0 radical (unpaired) electrons. The maximum absolute atomic E-state index is 13.2. The lowest BCUT2D eigenvalue weighted by atomic mass is 9.98. The lowest BCUT2D eigenvalue weighted by molar-refractivity contribution is -0.311. The number of rotatable bonds is 41. The minimum absolute atomic E-state index is 0.155. The van der Waals surface area contributed by atoms with E-state index in [0.717, 1.165) is 90.4 Å². The minimum Gasteiger partial charge on any atom is -0.463 e. The number of carbonyl (C=O) groups excluding carboxylic acids is 6. The summed E-state index contributed by atoms with van der Waals surface area (Å²) in [5.41, 5.74) is 0. The molecular formula is C54H92O14. The first-order valence-corrected chi connectivity index (χ1v) is 26.8. The van der Waals surface area contributed by atoms with E-state index >= 15 is 0 Å². The third-order valence-corrected chi connectivity index (χ3v) is 12.7. The molecule has 2 aliphatic rings. The Hall–Kier alpha value is -3.52. The highest BCUT2D eigenvalue weighted by atomic mass is 16.7. The number of hydrogen-bond acceptors (Lipinski definition) is 14. The third kappa shape index (κ3) is 30.2. The predicted octanol–water partition coefficient (Wildman–Crippen LogP) is 11.7. The van der Waals surface area contributed by atoms with E-state index in [1.54, 1.807) is 0 Å². The Balaban J connectivity index is 1.94. The van der Waals surface area contributed by atoms with Crippen molar-refractivity contribution in [2.75, 3.05) is 19.8 Å². The van der Waals surface area contributed by atoms with Crippen LogP contribution in [0.2, 0.25) is 0 Å². The number of allylic oxidation sites excluding steroid dienone is 2. The molecule has 2 fully saturated rings. The van der Waals surface area contributed by atoms with Gasteiger partial charge in [-0.1, -0.05) is 154 Å². The molecule has 0 spiro atoms. The van der Waals surface area contributed by atoms with Gasteiger partial charge in [0.1, 0.15) is 19.3 Å². The summed E-state index contributed by atoms with van der Waals surface area (Å²) < 4.78 is 45.2. The van der Waals surface area contributed by atoms with E-state index in [4.69, 9.17) is 37.9 Å². The van der Waals surface area contributed by atoms with Crippen LogP contribution in [0.3, 0.4) is 0 Å². The molecule has 0 aromatic carbocycles. The van der Waals surface area contributed by atoms with E-state index in [-0.39, 0.29) is 26.1 Å². The maximum Gasteiger partial charge on any atom is 0.306 e. The molecule has 392 valence electrons. The highest BCUT2D eigenvalue weighted by Crippen LogP contribution is 2.45. The molecule has 14 nitrogen and oxygen atoms in total. The molecule has 1 heterocycles. The fourth-order valence-corrected chi connectivity index (χ4v) is 8.89. The van der Waals surface area contributed by atoms with E-state index in [9.17, 15) is 28.8 Å². The molecule has 14 heteroatoms.